The van der Waals surface area contributed by atoms with Crippen LogP contribution < -0.4 is 20.3 Å². The van der Waals surface area contributed by atoms with Crippen LogP contribution in [0.15, 0.2) is 73.2 Å². The van der Waals surface area contributed by atoms with Crippen molar-refractivity contribution in [2.45, 2.75) is 39.3 Å². The Balaban J connectivity index is 1.64. The molecule has 4 heterocycles. The molecule has 0 spiro atoms. The molecule has 9 heteroatoms. The fourth-order valence-corrected chi connectivity index (χ4v) is 5.44. The van der Waals surface area contributed by atoms with Crippen LogP contribution in [0.5, 0.6) is 5.75 Å². The molecule has 38 heavy (non-hydrogen) atoms. The zero-order chi connectivity index (χ0) is 26.8. The van der Waals surface area contributed by atoms with Gasteiger partial charge in [-0.05, 0) is 74.1 Å². The Morgan fingerprint density at radius 2 is 1.95 bits per heavy atom. The number of hydrogen-bond acceptors (Lipinski definition) is 5. The second-order valence-electron chi connectivity index (χ2n) is 9.16. The summed E-state index contributed by atoms with van der Waals surface area (Å²) in [4.78, 5) is 23.1. The van der Waals surface area contributed by atoms with Crippen molar-refractivity contribution in [3.8, 4) is 11.4 Å². The molecule has 1 fully saturated rings. The van der Waals surface area contributed by atoms with Crippen molar-refractivity contribution in [3.05, 3.63) is 95.8 Å². The van der Waals surface area contributed by atoms with Gasteiger partial charge in [-0.3, -0.25) is 14.8 Å². The van der Waals surface area contributed by atoms with Gasteiger partial charge in [-0.15, -0.1) is 0 Å². The number of ether oxygens (including phenoxy) is 1. The van der Waals surface area contributed by atoms with Gasteiger partial charge in [0.05, 0.1) is 42.5 Å². The number of aryl methyl sites for hydroxylation is 1. The van der Waals surface area contributed by atoms with Crippen LogP contribution in [0.25, 0.3) is 5.69 Å². The Morgan fingerprint density at radius 3 is 2.63 bits per heavy atom. The van der Waals surface area contributed by atoms with Crippen molar-refractivity contribution < 1.29 is 9.53 Å². The van der Waals surface area contributed by atoms with E-state index in [1.54, 1.807) is 19.5 Å². The maximum absolute atomic E-state index is 12.0. The number of rotatable bonds is 7. The number of anilines is 2. The van der Waals surface area contributed by atoms with Crippen LogP contribution in [0.4, 0.5) is 11.4 Å². The van der Waals surface area contributed by atoms with Crippen molar-refractivity contribution in [3.63, 3.8) is 0 Å². The minimum absolute atomic E-state index is 0.0784. The molecule has 0 saturated carbocycles. The van der Waals surface area contributed by atoms with Crippen LogP contribution in [-0.4, -0.2) is 32.7 Å². The zero-order valence-corrected chi connectivity index (χ0v) is 22.6. The number of nitrogens with one attached hydrogen (secondary N) is 2. The summed E-state index contributed by atoms with van der Waals surface area (Å²) >= 11 is 5.91. The lowest BCUT2D eigenvalue weighted by Crippen LogP contribution is -2.29. The Labute approximate surface area is 227 Å². The number of carbonyl (C=O) groups is 1. The Kier molecular flexibility index (Phi) is 7.11. The maximum Gasteiger partial charge on any atom is 0.224 e. The van der Waals surface area contributed by atoms with Gasteiger partial charge in [0.1, 0.15) is 5.75 Å². The van der Waals surface area contributed by atoms with Gasteiger partial charge in [-0.25, -0.2) is 0 Å². The van der Waals surface area contributed by atoms with E-state index < -0.39 is 0 Å². The molecule has 1 aliphatic rings. The summed E-state index contributed by atoms with van der Waals surface area (Å²) < 4.78 is 7.86. The molecular weight excluding hydrogens is 496 g/mol. The molecule has 0 aliphatic carbocycles. The molecule has 0 bridgehead atoms. The normalized spacial score (nSPS) is 16.8. The lowest BCUT2D eigenvalue weighted by Gasteiger charge is -2.29. The molecule has 194 valence electrons. The van der Waals surface area contributed by atoms with Crippen molar-refractivity contribution in [2.24, 2.45) is 0 Å². The van der Waals surface area contributed by atoms with E-state index in [0.717, 1.165) is 34.0 Å². The van der Waals surface area contributed by atoms with Crippen LogP contribution >= 0.6 is 12.2 Å². The van der Waals surface area contributed by atoms with Gasteiger partial charge in [0.15, 0.2) is 5.11 Å². The van der Waals surface area contributed by atoms with Gasteiger partial charge in [0, 0.05) is 42.0 Å². The van der Waals surface area contributed by atoms with Crippen LogP contribution in [0, 0.1) is 13.8 Å². The number of carbonyl (C=O) groups excluding carboxylic acids is 1. The van der Waals surface area contributed by atoms with Gasteiger partial charge in [-0.1, -0.05) is 13.0 Å². The second-order valence-corrected chi connectivity index (χ2v) is 9.54. The molecule has 0 radical (unpaired) electrons. The monoisotopic (exact) mass is 526 g/mol. The first-order valence-electron chi connectivity index (χ1n) is 12.5. The third-order valence-electron chi connectivity index (χ3n) is 6.85. The summed E-state index contributed by atoms with van der Waals surface area (Å²) in [5.41, 5.74) is 6.68. The van der Waals surface area contributed by atoms with Gasteiger partial charge in [-0.2, -0.15) is 0 Å². The topological polar surface area (TPSA) is 84.3 Å². The summed E-state index contributed by atoms with van der Waals surface area (Å²) in [7, 11) is 1.59. The van der Waals surface area contributed by atoms with E-state index in [-0.39, 0.29) is 18.0 Å². The summed E-state index contributed by atoms with van der Waals surface area (Å²) in [5.74, 6) is 0.485. The molecule has 1 aliphatic heterocycles. The molecule has 1 saturated heterocycles. The quantitative estimate of drug-likeness (QED) is 0.311. The van der Waals surface area contributed by atoms with Crippen molar-refractivity contribution in [1.29, 1.82) is 0 Å². The second kappa shape index (κ2) is 10.6. The lowest BCUT2D eigenvalue weighted by molar-refractivity contribution is -0.115. The molecule has 2 N–H and O–H groups in total. The third kappa shape index (κ3) is 4.61. The van der Waals surface area contributed by atoms with E-state index in [1.165, 1.54) is 0 Å². The number of nitrogens with zero attached hydrogens (tertiary/aromatic N) is 4. The summed E-state index contributed by atoms with van der Waals surface area (Å²) in [6.07, 6.45) is 5.82. The van der Waals surface area contributed by atoms with E-state index in [4.69, 9.17) is 17.0 Å². The van der Waals surface area contributed by atoms with Crippen LogP contribution in [0.2, 0.25) is 0 Å². The highest BCUT2D eigenvalue weighted by molar-refractivity contribution is 7.80. The van der Waals surface area contributed by atoms with Crippen molar-refractivity contribution in [1.82, 2.24) is 19.9 Å². The molecule has 8 nitrogen and oxygen atoms in total. The average Bonchev–Trinajstić information content (AvgIpc) is 3.44. The first-order chi connectivity index (χ1) is 18.4. The number of benzene rings is 1. The van der Waals surface area contributed by atoms with Gasteiger partial charge >= 0.3 is 0 Å². The molecule has 5 rings (SSSR count). The summed E-state index contributed by atoms with van der Waals surface area (Å²) in [5, 5.41) is 7.01. The maximum atomic E-state index is 12.0. The van der Waals surface area contributed by atoms with E-state index >= 15 is 0 Å². The highest BCUT2D eigenvalue weighted by Gasteiger charge is 2.42. The number of methoxy groups -OCH3 is 1. The number of hydrogen-bond donors (Lipinski definition) is 2. The van der Waals surface area contributed by atoms with Crippen LogP contribution in [0.3, 0.4) is 0 Å². The fraction of sp³-hybridized carbons (Fsp3) is 0.241. The molecule has 2 unspecified atom stereocenters. The number of amides is 1. The third-order valence-corrected chi connectivity index (χ3v) is 7.16. The fourth-order valence-electron chi connectivity index (χ4n) is 5.09. The average molecular weight is 527 g/mol. The minimum atomic E-state index is -0.185. The smallest absolute Gasteiger partial charge is 0.224 e. The first-order valence-corrected chi connectivity index (χ1v) is 12.9. The Bertz CT molecular complexity index is 1470. The molecular formula is C29H30N6O2S. The number of aromatic nitrogens is 3. The standard InChI is InChI=1S/C29H30N6O2S/c1-5-26(36)32-23-12-11-20(16-25(23)37-4)35-28(27(33-29(35)38)24-10-6-7-14-31-24)22-15-18(2)34(19(22)3)21-9-8-13-30-17-21/h6-17,27-28H,5H2,1-4H3,(H,32,36)(H,33,38). The molecule has 1 amide bonds. The number of thiocarbonyl (C=S) groups is 1. The highest BCUT2D eigenvalue weighted by atomic mass is 32.1. The van der Waals surface area contributed by atoms with E-state index in [0.29, 0.717) is 23.0 Å². The predicted molar refractivity (Wildman–Crippen MR) is 153 cm³/mol. The summed E-state index contributed by atoms with van der Waals surface area (Å²) in [6.45, 7) is 6.03. The van der Waals surface area contributed by atoms with E-state index in [1.807, 2.05) is 55.6 Å². The van der Waals surface area contributed by atoms with E-state index in [9.17, 15) is 4.79 Å². The highest BCUT2D eigenvalue weighted by Crippen LogP contribution is 2.45. The molecule has 2 atom stereocenters. The lowest BCUT2D eigenvalue weighted by atomic mass is 9.96. The van der Waals surface area contributed by atoms with Crippen molar-refractivity contribution >= 4 is 34.6 Å². The SMILES string of the molecule is CCC(=O)Nc1ccc(N2C(=S)NC(c3ccccn3)C2c2cc(C)n(-c3cccnc3)c2C)cc1OC. The first kappa shape index (κ1) is 25.4. The van der Waals surface area contributed by atoms with Crippen LogP contribution in [-0.2, 0) is 4.79 Å². The minimum Gasteiger partial charge on any atom is -0.494 e. The largest absolute Gasteiger partial charge is 0.494 e. The van der Waals surface area contributed by atoms with E-state index in [2.05, 4.69) is 56.0 Å². The molecule has 1 aromatic carbocycles. The summed E-state index contributed by atoms with van der Waals surface area (Å²) in [6, 6.07) is 17.5. The number of pyridine rings is 2. The Morgan fingerprint density at radius 1 is 1.11 bits per heavy atom. The predicted octanol–water partition coefficient (Wildman–Crippen LogP) is 5.42. The van der Waals surface area contributed by atoms with Gasteiger partial charge in [0.2, 0.25) is 5.91 Å². The molecule has 3 aromatic heterocycles. The molecule has 4 aromatic rings. The zero-order valence-electron chi connectivity index (χ0n) is 21.8. The van der Waals surface area contributed by atoms with Gasteiger partial charge in [0.25, 0.3) is 0 Å². The van der Waals surface area contributed by atoms with Gasteiger partial charge < -0.3 is 24.8 Å². The Hall–Kier alpha value is -4.24. The van der Waals surface area contributed by atoms with Crippen molar-refractivity contribution in [2.75, 3.05) is 17.3 Å². The van der Waals surface area contributed by atoms with Crippen LogP contribution in [0.1, 0.15) is 48.1 Å².